The minimum atomic E-state index is -0.654. The maximum absolute atomic E-state index is 14.1. The molecule has 3 amide bonds. The van der Waals surface area contributed by atoms with E-state index in [9.17, 15) is 19.2 Å². The first kappa shape index (κ1) is 26.4. The largest absolute Gasteiger partial charge is 0.497 e. The maximum atomic E-state index is 14.1. The highest BCUT2D eigenvalue weighted by molar-refractivity contribution is 6.23. The summed E-state index contributed by atoms with van der Waals surface area (Å²) in [4.78, 5) is 57.0. The van der Waals surface area contributed by atoms with Crippen LogP contribution in [0, 0.1) is 17.8 Å². The van der Waals surface area contributed by atoms with Gasteiger partial charge >= 0.3 is 5.97 Å². The minimum absolute atomic E-state index is 0.0287. The first-order chi connectivity index (χ1) is 21.4. The number of nitrogens with zero attached hydrogens (tertiary/aromatic N) is 2. The summed E-state index contributed by atoms with van der Waals surface area (Å²) in [7, 11) is 1.57. The molecule has 3 atom stereocenters. The summed E-state index contributed by atoms with van der Waals surface area (Å²) in [6, 6.07) is 29.9. The van der Waals surface area contributed by atoms with Crippen LogP contribution in [0.4, 0.5) is 11.4 Å². The molecule has 0 N–H and O–H groups in total. The van der Waals surface area contributed by atoms with Gasteiger partial charge in [-0.3, -0.25) is 19.2 Å². The van der Waals surface area contributed by atoms with Crippen molar-refractivity contribution in [2.24, 2.45) is 17.8 Å². The first-order valence-electron chi connectivity index (χ1n) is 14.8. The molecule has 0 saturated carbocycles. The van der Waals surface area contributed by atoms with Crippen LogP contribution in [-0.4, -0.2) is 37.3 Å². The lowest BCUT2D eigenvalue weighted by molar-refractivity contribution is -0.139. The number of methoxy groups -OCH3 is 1. The molecule has 2 bridgehead atoms. The number of ether oxygens (including phenoxy) is 2. The van der Waals surface area contributed by atoms with Gasteiger partial charge in [0.25, 0.3) is 0 Å². The lowest BCUT2D eigenvalue weighted by atomic mass is 9.55. The quantitative estimate of drug-likeness (QED) is 0.185. The van der Waals surface area contributed by atoms with Crippen LogP contribution in [0.15, 0.2) is 97.1 Å². The van der Waals surface area contributed by atoms with Crippen LogP contribution in [0.2, 0.25) is 0 Å². The van der Waals surface area contributed by atoms with Gasteiger partial charge in [0.15, 0.2) is 0 Å². The van der Waals surface area contributed by atoms with Crippen molar-refractivity contribution in [1.29, 1.82) is 0 Å². The van der Waals surface area contributed by atoms with Crippen molar-refractivity contribution in [3.8, 4) is 11.5 Å². The molecule has 218 valence electrons. The standard InChI is InChI=1S/C36H28N2O6/c1-43-23-15-13-21(14-16-23)37-19-20(17-29(37)39)36(42)44-24-8-6-7-22(18-24)38-34(40)32-30-25-9-2-3-10-26(25)31(33(32)35(38)41)28-12-5-4-11-27(28)30/h2-16,18,20,30-33H,17,19H2,1H3/t20-,30?,31?,32-,33+/m1/s1. The molecular weight excluding hydrogens is 556 g/mol. The molecule has 8 heteroatoms. The van der Waals surface area contributed by atoms with Crippen molar-refractivity contribution >= 4 is 35.1 Å². The highest BCUT2D eigenvalue weighted by atomic mass is 16.5. The van der Waals surface area contributed by atoms with Crippen molar-refractivity contribution in [2.45, 2.75) is 18.3 Å². The van der Waals surface area contributed by atoms with Gasteiger partial charge in [0.1, 0.15) is 11.5 Å². The molecule has 4 aromatic carbocycles. The van der Waals surface area contributed by atoms with Crippen LogP contribution in [0.25, 0.3) is 0 Å². The summed E-state index contributed by atoms with van der Waals surface area (Å²) < 4.78 is 10.9. The molecule has 9 rings (SSSR count). The van der Waals surface area contributed by atoms with E-state index in [2.05, 4.69) is 24.3 Å². The smallest absolute Gasteiger partial charge is 0.316 e. The third-order valence-corrected chi connectivity index (χ3v) is 9.59. The van der Waals surface area contributed by atoms with Crippen LogP contribution in [0.1, 0.15) is 40.5 Å². The molecule has 0 spiro atoms. The van der Waals surface area contributed by atoms with Crippen molar-refractivity contribution in [2.75, 3.05) is 23.5 Å². The molecule has 0 aromatic heterocycles. The van der Waals surface area contributed by atoms with E-state index in [4.69, 9.17) is 9.47 Å². The van der Waals surface area contributed by atoms with E-state index in [0.717, 1.165) is 22.3 Å². The summed E-state index contributed by atoms with van der Waals surface area (Å²) in [6.07, 6.45) is 0.0287. The van der Waals surface area contributed by atoms with E-state index in [1.54, 1.807) is 60.5 Å². The van der Waals surface area contributed by atoms with Gasteiger partial charge in [-0.15, -0.1) is 0 Å². The molecule has 2 heterocycles. The van der Waals surface area contributed by atoms with Crippen LogP contribution < -0.4 is 19.3 Å². The fourth-order valence-corrected chi connectivity index (χ4v) is 7.69. The molecule has 2 fully saturated rings. The number of amides is 3. The molecule has 8 nitrogen and oxygen atoms in total. The summed E-state index contributed by atoms with van der Waals surface area (Å²) in [6.45, 7) is 0.194. The predicted octanol–water partition coefficient (Wildman–Crippen LogP) is 5.05. The Balaban J connectivity index is 1.04. The Morgan fingerprint density at radius 3 is 1.80 bits per heavy atom. The number of anilines is 2. The van der Waals surface area contributed by atoms with Gasteiger partial charge in [0, 0.05) is 36.6 Å². The molecule has 2 aliphatic heterocycles. The third kappa shape index (κ3) is 3.83. The Morgan fingerprint density at radius 1 is 0.682 bits per heavy atom. The molecule has 2 saturated heterocycles. The zero-order chi connectivity index (χ0) is 30.1. The highest BCUT2D eigenvalue weighted by Gasteiger charge is 2.61. The molecule has 44 heavy (non-hydrogen) atoms. The van der Waals surface area contributed by atoms with Gasteiger partial charge in [0.2, 0.25) is 17.7 Å². The van der Waals surface area contributed by atoms with Crippen LogP contribution >= 0.6 is 0 Å². The number of rotatable bonds is 5. The summed E-state index contributed by atoms with van der Waals surface area (Å²) in [5.41, 5.74) is 5.49. The number of imide groups is 1. The van der Waals surface area contributed by atoms with Crippen molar-refractivity contribution in [3.05, 3.63) is 119 Å². The lowest BCUT2D eigenvalue weighted by Gasteiger charge is -2.45. The number of hydrogen-bond donors (Lipinski definition) is 0. The topological polar surface area (TPSA) is 93.2 Å². The molecule has 0 radical (unpaired) electrons. The Morgan fingerprint density at radius 2 is 1.25 bits per heavy atom. The zero-order valence-corrected chi connectivity index (χ0v) is 23.9. The average molecular weight is 585 g/mol. The van der Waals surface area contributed by atoms with Gasteiger partial charge in [0.05, 0.1) is 30.6 Å². The second-order valence-corrected chi connectivity index (χ2v) is 11.8. The van der Waals surface area contributed by atoms with Gasteiger partial charge in [-0.1, -0.05) is 54.6 Å². The maximum Gasteiger partial charge on any atom is 0.316 e. The first-order valence-corrected chi connectivity index (χ1v) is 14.8. The second kappa shape index (κ2) is 9.91. The van der Waals surface area contributed by atoms with Gasteiger partial charge < -0.3 is 14.4 Å². The summed E-state index contributed by atoms with van der Waals surface area (Å²) >= 11 is 0. The molecular formula is C36H28N2O6. The van der Waals surface area contributed by atoms with E-state index in [-0.39, 0.29) is 48.3 Å². The number of carbonyl (C=O) groups excluding carboxylic acids is 4. The van der Waals surface area contributed by atoms with E-state index in [1.165, 1.54) is 4.90 Å². The van der Waals surface area contributed by atoms with Gasteiger partial charge in [-0.05, 0) is 58.7 Å². The van der Waals surface area contributed by atoms with Crippen LogP contribution in [-0.2, 0) is 19.2 Å². The van der Waals surface area contributed by atoms with Gasteiger partial charge in [-0.25, -0.2) is 4.90 Å². The van der Waals surface area contributed by atoms with E-state index in [1.807, 2.05) is 24.3 Å². The predicted molar refractivity (Wildman–Crippen MR) is 162 cm³/mol. The highest BCUT2D eigenvalue weighted by Crippen LogP contribution is 2.61. The Hall–Kier alpha value is -5.24. The molecule has 0 unspecified atom stereocenters. The van der Waals surface area contributed by atoms with E-state index < -0.39 is 23.7 Å². The Bertz CT molecular complexity index is 1750. The van der Waals surface area contributed by atoms with Crippen LogP contribution in [0.5, 0.6) is 11.5 Å². The Kier molecular flexibility index (Phi) is 5.94. The third-order valence-electron chi connectivity index (χ3n) is 9.59. The lowest BCUT2D eigenvalue weighted by Crippen LogP contribution is -2.41. The number of carbonyl (C=O) groups is 4. The van der Waals surface area contributed by atoms with E-state index in [0.29, 0.717) is 17.1 Å². The number of hydrogen-bond acceptors (Lipinski definition) is 6. The minimum Gasteiger partial charge on any atom is -0.497 e. The normalized spacial score (nSPS) is 24.7. The van der Waals surface area contributed by atoms with Crippen LogP contribution in [0.3, 0.4) is 0 Å². The summed E-state index contributed by atoms with van der Waals surface area (Å²) in [5.74, 6) is -2.35. The SMILES string of the molecule is COc1ccc(N2C[C@H](C(=O)Oc3cccc(N4C(=O)[C@@H]5C6c7ccccc7C(c7ccccc76)[C@@H]5C4=O)c3)CC2=O)cc1. The molecule has 4 aromatic rings. The summed E-state index contributed by atoms with van der Waals surface area (Å²) in [5, 5.41) is 0. The molecule has 5 aliphatic rings. The monoisotopic (exact) mass is 584 g/mol. The van der Waals surface area contributed by atoms with Crippen molar-refractivity contribution < 1.29 is 28.7 Å². The average Bonchev–Trinajstić information content (AvgIpc) is 3.58. The number of esters is 1. The fourth-order valence-electron chi connectivity index (χ4n) is 7.69. The second-order valence-electron chi connectivity index (χ2n) is 11.8. The molecule has 3 aliphatic carbocycles. The van der Waals surface area contributed by atoms with Crippen molar-refractivity contribution in [1.82, 2.24) is 0 Å². The Labute approximate surface area is 253 Å². The van der Waals surface area contributed by atoms with Crippen molar-refractivity contribution in [3.63, 3.8) is 0 Å². The van der Waals surface area contributed by atoms with Gasteiger partial charge in [-0.2, -0.15) is 0 Å². The number of benzene rings is 4. The fraction of sp³-hybridized carbons (Fsp3) is 0.222. The van der Waals surface area contributed by atoms with E-state index >= 15 is 0 Å². The zero-order valence-electron chi connectivity index (χ0n) is 23.9.